The van der Waals surface area contributed by atoms with Gasteiger partial charge in [-0.2, -0.15) is 14.6 Å². The van der Waals surface area contributed by atoms with Crippen LogP contribution in [0.15, 0.2) is 44.4 Å². The lowest BCUT2D eigenvalue weighted by Crippen LogP contribution is -2.43. The third-order valence-electron chi connectivity index (χ3n) is 4.97. The monoisotopic (exact) mass is 457 g/mol. The van der Waals surface area contributed by atoms with Crippen molar-refractivity contribution >= 4 is 33.0 Å². The highest BCUT2D eigenvalue weighted by molar-refractivity contribution is 7.91. The average Bonchev–Trinajstić information content (AvgIpc) is 3.43. The Morgan fingerprint density at radius 2 is 2.23 bits per heavy atom. The molecule has 1 aliphatic rings. The van der Waals surface area contributed by atoms with Gasteiger partial charge in [-0.3, -0.25) is 4.79 Å². The summed E-state index contributed by atoms with van der Waals surface area (Å²) in [7, 11) is -3.75. The summed E-state index contributed by atoms with van der Waals surface area (Å²) in [6, 6.07) is 10.2. The Kier molecular flexibility index (Phi) is 5.86. The number of nitrogens with zero attached hydrogens (tertiary/aromatic N) is 4. The zero-order valence-corrected chi connectivity index (χ0v) is 18.2. The van der Waals surface area contributed by atoms with E-state index in [1.54, 1.807) is 36.6 Å². The van der Waals surface area contributed by atoms with Crippen molar-refractivity contribution in [3.8, 4) is 17.5 Å². The first kappa shape index (κ1) is 21.2. The van der Waals surface area contributed by atoms with E-state index in [9.17, 15) is 13.2 Å². The summed E-state index contributed by atoms with van der Waals surface area (Å²) in [5.41, 5.74) is 1.53. The van der Waals surface area contributed by atoms with E-state index in [1.165, 1.54) is 10.4 Å². The van der Waals surface area contributed by atoms with E-state index in [1.807, 2.05) is 6.07 Å². The van der Waals surface area contributed by atoms with Crippen LogP contribution in [-0.2, 0) is 14.8 Å². The highest BCUT2D eigenvalue weighted by Crippen LogP contribution is 2.31. The van der Waals surface area contributed by atoms with Crippen LogP contribution in [0.3, 0.4) is 0 Å². The van der Waals surface area contributed by atoms with E-state index >= 15 is 0 Å². The Hall–Kier alpha value is -3.07. The van der Waals surface area contributed by atoms with E-state index < -0.39 is 15.9 Å². The second kappa shape index (κ2) is 8.58. The summed E-state index contributed by atoms with van der Waals surface area (Å²) in [6.07, 6.45) is 1.17. The van der Waals surface area contributed by atoms with Gasteiger partial charge < -0.3 is 9.84 Å². The zero-order chi connectivity index (χ0) is 22.0. The Morgan fingerprint density at radius 3 is 2.97 bits per heavy atom. The molecule has 1 fully saturated rings. The molecule has 1 aromatic carbocycles. The van der Waals surface area contributed by atoms with E-state index in [0.29, 0.717) is 47.9 Å². The number of hydrogen-bond acceptors (Lipinski definition) is 8. The highest BCUT2D eigenvalue weighted by atomic mass is 32.2. The maximum atomic E-state index is 13.2. The number of nitrogens with one attached hydrogen (secondary N) is 1. The first-order chi connectivity index (χ1) is 14.9. The smallest absolute Gasteiger partial charge is 0.252 e. The van der Waals surface area contributed by atoms with E-state index in [4.69, 9.17) is 9.78 Å². The molecule has 1 atom stereocenters. The minimum absolute atomic E-state index is 0.0979. The molecular formula is C20H19N5O4S2. The number of carbonyl (C=O) groups excluding carboxylic acids is 1. The Labute approximate surface area is 183 Å². The van der Waals surface area contributed by atoms with Crippen LogP contribution in [0.25, 0.3) is 11.4 Å². The summed E-state index contributed by atoms with van der Waals surface area (Å²) in [4.78, 5) is 16.9. The summed E-state index contributed by atoms with van der Waals surface area (Å²) >= 11 is 1.09. The Morgan fingerprint density at radius 1 is 1.39 bits per heavy atom. The molecule has 1 saturated heterocycles. The highest BCUT2D eigenvalue weighted by Gasteiger charge is 2.34. The van der Waals surface area contributed by atoms with Crippen LogP contribution >= 0.6 is 11.3 Å². The molecule has 3 heterocycles. The molecule has 31 heavy (non-hydrogen) atoms. The first-order valence-electron chi connectivity index (χ1n) is 9.57. The van der Waals surface area contributed by atoms with Crippen molar-refractivity contribution in [1.29, 1.82) is 5.26 Å². The molecule has 0 saturated carbocycles. The van der Waals surface area contributed by atoms with E-state index in [0.717, 1.165) is 11.3 Å². The van der Waals surface area contributed by atoms with Crippen LogP contribution in [-0.4, -0.2) is 41.9 Å². The van der Waals surface area contributed by atoms with Gasteiger partial charge in [-0.1, -0.05) is 11.2 Å². The van der Waals surface area contributed by atoms with Crippen LogP contribution in [0.5, 0.6) is 0 Å². The topological polar surface area (TPSA) is 129 Å². The Bertz CT molecular complexity index is 1260. The van der Waals surface area contributed by atoms with Crippen LogP contribution < -0.4 is 5.32 Å². The molecule has 1 amide bonds. The zero-order valence-electron chi connectivity index (χ0n) is 16.6. The number of nitriles is 1. The van der Waals surface area contributed by atoms with Gasteiger partial charge in [0.1, 0.15) is 4.21 Å². The molecule has 3 aromatic rings. The molecule has 0 spiro atoms. The van der Waals surface area contributed by atoms with Crippen molar-refractivity contribution in [2.24, 2.45) is 5.92 Å². The quantitative estimate of drug-likeness (QED) is 0.623. The molecule has 1 N–H and O–H groups in total. The fourth-order valence-corrected chi connectivity index (χ4v) is 6.23. The lowest BCUT2D eigenvalue weighted by atomic mass is 9.98. The lowest BCUT2D eigenvalue weighted by Gasteiger charge is -2.30. The molecular weight excluding hydrogens is 438 g/mol. The van der Waals surface area contributed by atoms with Crippen LogP contribution in [0, 0.1) is 24.2 Å². The fraction of sp³-hybridized carbons (Fsp3) is 0.300. The van der Waals surface area contributed by atoms with Gasteiger partial charge in [0.05, 0.1) is 17.6 Å². The SMILES string of the molecule is Cc1nc(-c2csc(S(=O)(=O)N3CCC[C@@H](C(=O)Nc4cccc(C#N)c4)C3)c2)no1. The van der Waals surface area contributed by atoms with Crippen molar-refractivity contribution in [1.82, 2.24) is 14.4 Å². The molecule has 160 valence electrons. The van der Waals surface area contributed by atoms with Crippen molar-refractivity contribution in [2.75, 3.05) is 18.4 Å². The average molecular weight is 458 g/mol. The fourth-order valence-electron chi connectivity index (χ4n) is 3.40. The van der Waals surface area contributed by atoms with Crippen LogP contribution in [0.1, 0.15) is 24.3 Å². The van der Waals surface area contributed by atoms with Crippen LogP contribution in [0.2, 0.25) is 0 Å². The van der Waals surface area contributed by atoms with Gasteiger partial charge in [-0.25, -0.2) is 8.42 Å². The molecule has 9 nitrogen and oxygen atoms in total. The summed E-state index contributed by atoms with van der Waals surface area (Å²) in [5, 5.41) is 17.3. The predicted molar refractivity (Wildman–Crippen MR) is 114 cm³/mol. The first-order valence-corrected chi connectivity index (χ1v) is 11.9. The van der Waals surface area contributed by atoms with Crippen LogP contribution in [0.4, 0.5) is 5.69 Å². The third-order valence-corrected chi connectivity index (χ3v) is 8.25. The van der Waals surface area contributed by atoms with Gasteiger partial charge in [0.25, 0.3) is 10.0 Å². The number of anilines is 1. The minimum atomic E-state index is -3.75. The van der Waals surface area contributed by atoms with E-state index in [-0.39, 0.29) is 16.7 Å². The molecule has 4 rings (SSSR count). The number of aryl methyl sites for hydroxylation is 1. The molecule has 0 aliphatic carbocycles. The third kappa shape index (κ3) is 4.51. The number of benzene rings is 1. The second-order valence-corrected chi connectivity index (χ2v) is 10.3. The number of sulfonamides is 1. The number of rotatable bonds is 5. The predicted octanol–water partition coefficient (Wildman–Crippen LogP) is 3.02. The van der Waals surface area contributed by atoms with Gasteiger partial charge in [-0.05, 0) is 37.1 Å². The van der Waals surface area contributed by atoms with Gasteiger partial charge >= 0.3 is 0 Å². The molecule has 11 heteroatoms. The number of carbonyl (C=O) groups is 1. The largest absolute Gasteiger partial charge is 0.339 e. The normalized spacial score (nSPS) is 17.2. The van der Waals surface area contributed by atoms with Gasteiger partial charge in [-0.15, -0.1) is 11.3 Å². The number of aromatic nitrogens is 2. The molecule has 2 aromatic heterocycles. The number of amides is 1. The van der Waals surface area contributed by atoms with E-state index in [2.05, 4.69) is 15.5 Å². The lowest BCUT2D eigenvalue weighted by molar-refractivity contribution is -0.120. The van der Waals surface area contributed by atoms with Crippen molar-refractivity contribution < 1.29 is 17.7 Å². The molecule has 0 radical (unpaired) electrons. The van der Waals surface area contributed by atoms with Gasteiger partial charge in [0.2, 0.25) is 17.6 Å². The maximum absolute atomic E-state index is 13.2. The second-order valence-electron chi connectivity index (χ2n) is 7.18. The number of thiophene rings is 1. The number of piperidine rings is 1. The van der Waals surface area contributed by atoms with Crippen molar-refractivity contribution in [3.05, 3.63) is 47.2 Å². The maximum Gasteiger partial charge on any atom is 0.252 e. The molecule has 0 bridgehead atoms. The standard InChI is InChI=1S/C20H19N5O4S2/c1-13-22-19(24-29-13)16-9-18(30-12-16)31(27,28)25-7-3-5-15(11-25)20(26)23-17-6-2-4-14(8-17)10-21/h2,4,6,8-9,12,15H,3,5,7,11H2,1H3,(H,23,26)/t15-/m1/s1. The minimum Gasteiger partial charge on any atom is -0.339 e. The Balaban J connectivity index is 1.48. The number of hydrogen-bond donors (Lipinski definition) is 1. The molecule has 0 unspecified atom stereocenters. The summed E-state index contributed by atoms with van der Waals surface area (Å²) in [5.74, 6) is -0.000756. The molecule has 1 aliphatic heterocycles. The summed E-state index contributed by atoms with van der Waals surface area (Å²) < 4.78 is 32.8. The van der Waals surface area contributed by atoms with Gasteiger partial charge in [0, 0.05) is 36.6 Å². The van der Waals surface area contributed by atoms with Crippen molar-refractivity contribution in [2.45, 2.75) is 24.0 Å². The van der Waals surface area contributed by atoms with Crippen molar-refractivity contribution in [3.63, 3.8) is 0 Å². The van der Waals surface area contributed by atoms with Gasteiger partial charge in [0.15, 0.2) is 0 Å². The summed E-state index contributed by atoms with van der Waals surface area (Å²) in [6.45, 7) is 2.11.